The van der Waals surface area contributed by atoms with Crippen LogP contribution in [0, 0.1) is 11.3 Å². The zero-order valence-electron chi connectivity index (χ0n) is 15.8. The molecule has 1 aromatic carbocycles. The smallest absolute Gasteiger partial charge is 0.225 e. The second-order valence-electron chi connectivity index (χ2n) is 9.56. The summed E-state index contributed by atoms with van der Waals surface area (Å²) >= 11 is 0. The standard InChI is InChI=1S/C22H31NO2/c1-15(2)16-4-6-17(7-5-16)18-8-9-22(12-18)13-23(14-22)20(24)19-10-21(3,25)11-19/h4-7,15,18-19,25H,8-14H2,1-3H3/t18?,19-,21+. The molecule has 0 radical (unpaired) electrons. The third kappa shape index (κ3) is 3.12. The summed E-state index contributed by atoms with van der Waals surface area (Å²) in [5, 5.41) is 9.85. The van der Waals surface area contributed by atoms with Crippen molar-refractivity contribution in [1.82, 2.24) is 4.90 Å². The number of aliphatic hydroxyl groups is 1. The molecule has 1 spiro atoms. The molecule has 3 fully saturated rings. The maximum atomic E-state index is 12.5. The number of nitrogens with zero attached hydrogens (tertiary/aromatic N) is 1. The normalized spacial score (nSPS) is 33.4. The summed E-state index contributed by atoms with van der Waals surface area (Å²) in [5.41, 5.74) is 2.64. The van der Waals surface area contributed by atoms with Gasteiger partial charge in [0.2, 0.25) is 5.91 Å². The van der Waals surface area contributed by atoms with E-state index in [1.54, 1.807) is 0 Å². The number of benzene rings is 1. The Bertz CT molecular complexity index is 647. The van der Waals surface area contributed by atoms with Crippen molar-refractivity contribution in [1.29, 1.82) is 0 Å². The van der Waals surface area contributed by atoms with E-state index in [0.29, 0.717) is 30.1 Å². The van der Waals surface area contributed by atoms with Gasteiger partial charge in [-0.1, -0.05) is 38.1 Å². The van der Waals surface area contributed by atoms with Gasteiger partial charge in [0.25, 0.3) is 0 Å². The van der Waals surface area contributed by atoms with Crippen molar-refractivity contribution in [3.05, 3.63) is 35.4 Å². The molecule has 1 aromatic rings. The molecular formula is C22H31NO2. The highest BCUT2D eigenvalue weighted by Crippen LogP contribution is 2.52. The van der Waals surface area contributed by atoms with E-state index in [9.17, 15) is 9.90 Å². The average molecular weight is 341 g/mol. The molecule has 1 N–H and O–H groups in total. The lowest BCUT2D eigenvalue weighted by molar-refractivity contribution is -0.161. The van der Waals surface area contributed by atoms with Crippen LogP contribution in [0.3, 0.4) is 0 Å². The highest BCUT2D eigenvalue weighted by molar-refractivity contribution is 5.81. The lowest BCUT2D eigenvalue weighted by Gasteiger charge is -2.52. The number of hydrogen-bond acceptors (Lipinski definition) is 2. The van der Waals surface area contributed by atoms with Gasteiger partial charge in [0, 0.05) is 24.4 Å². The van der Waals surface area contributed by atoms with Crippen LogP contribution in [0.15, 0.2) is 24.3 Å². The van der Waals surface area contributed by atoms with Gasteiger partial charge in [-0.05, 0) is 62.0 Å². The van der Waals surface area contributed by atoms with Crippen LogP contribution in [-0.2, 0) is 4.79 Å². The lowest BCUT2D eigenvalue weighted by Crippen LogP contribution is -2.61. The van der Waals surface area contributed by atoms with Crippen LogP contribution in [0.2, 0.25) is 0 Å². The molecule has 4 rings (SSSR count). The third-order valence-corrected chi connectivity index (χ3v) is 6.86. The number of likely N-dealkylation sites (tertiary alicyclic amines) is 1. The largest absolute Gasteiger partial charge is 0.390 e. The molecule has 0 bridgehead atoms. The summed E-state index contributed by atoms with van der Waals surface area (Å²) in [7, 11) is 0. The molecule has 2 saturated carbocycles. The summed E-state index contributed by atoms with van der Waals surface area (Å²) in [6.45, 7) is 8.18. The van der Waals surface area contributed by atoms with Gasteiger partial charge in [-0.3, -0.25) is 4.79 Å². The van der Waals surface area contributed by atoms with Crippen LogP contribution in [-0.4, -0.2) is 34.6 Å². The molecule has 1 heterocycles. The molecule has 3 nitrogen and oxygen atoms in total. The quantitative estimate of drug-likeness (QED) is 0.900. The highest BCUT2D eigenvalue weighted by Gasteiger charge is 2.53. The van der Waals surface area contributed by atoms with Crippen LogP contribution >= 0.6 is 0 Å². The molecular weight excluding hydrogens is 310 g/mol. The fraction of sp³-hybridized carbons (Fsp3) is 0.682. The van der Waals surface area contributed by atoms with E-state index in [-0.39, 0.29) is 11.8 Å². The monoisotopic (exact) mass is 341 g/mol. The Morgan fingerprint density at radius 3 is 2.36 bits per heavy atom. The second-order valence-corrected chi connectivity index (χ2v) is 9.56. The molecule has 1 saturated heterocycles. The van der Waals surface area contributed by atoms with Crippen molar-refractivity contribution in [3.63, 3.8) is 0 Å². The van der Waals surface area contributed by atoms with Crippen LogP contribution in [0.1, 0.15) is 75.8 Å². The van der Waals surface area contributed by atoms with E-state index < -0.39 is 5.60 Å². The zero-order chi connectivity index (χ0) is 17.8. The highest BCUT2D eigenvalue weighted by atomic mass is 16.3. The first-order chi connectivity index (χ1) is 11.8. The molecule has 0 aromatic heterocycles. The first-order valence-corrected chi connectivity index (χ1v) is 9.88. The minimum Gasteiger partial charge on any atom is -0.390 e. The summed E-state index contributed by atoms with van der Waals surface area (Å²) in [6, 6.07) is 9.20. The number of rotatable bonds is 3. The Labute approximate surface area is 151 Å². The molecule has 1 aliphatic heterocycles. The molecule has 1 atom stereocenters. The Morgan fingerprint density at radius 2 is 1.80 bits per heavy atom. The van der Waals surface area contributed by atoms with E-state index in [1.165, 1.54) is 30.4 Å². The summed E-state index contributed by atoms with van der Waals surface area (Å²) in [4.78, 5) is 14.5. The van der Waals surface area contributed by atoms with Crippen molar-refractivity contribution in [2.45, 2.75) is 70.3 Å². The first kappa shape index (κ1) is 17.1. The van der Waals surface area contributed by atoms with E-state index in [4.69, 9.17) is 0 Å². The minimum absolute atomic E-state index is 0.0631. The molecule has 3 aliphatic rings. The third-order valence-electron chi connectivity index (χ3n) is 6.86. The van der Waals surface area contributed by atoms with Gasteiger partial charge in [-0.2, -0.15) is 0 Å². The number of carbonyl (C=O) groups is 1. The van der Waals surface area contributed by atoms with E-state index in [1.807, 2.05) is 11.8 Å². The lowest BCUT2D eigenvalue weighted by atomic mass is 9.69. The predicted octanol–water partition coefficient (Wildman–Crippen LogP) is 4.07. The van der Waals surface area contributed by atoms with Crippen LogP contribution in [0.4, 0.5) is 0 Å². The summed E-state index contributed by atoms with van der Waals surface area (Å²) in [6.07, 6.45) is 5.00. The SMILES string of the molecule is CC(C)c1ccc(C2CCC3(C2)CN(C(=O)[C@H]2C[C@@](C)(O)C2)C3)cc1. The predicted molar refractivity (Wildman–Crippen MR) is 99.5 cm³/mol. The summed E-state index contributed by atoms with van der Waals surface area (Å²) in [5.74, 6) is 1.58. The molecule has 3 heteroatoms. The molecule has 25 heavy (non-hydrogen) atoms. The molecule has 1 amide bonds. The second kappa shape index (κ2) is 5.84. The van der Waals surface area contributed by atoms with Crippen molar-refractivity contribution in [2.75, 3.05) is 13.1 Å². The average Bonchev–Trinajstić information content (AvgIpc) is 2.96. The van der Waals surface area contributed by atoms with E-state index >= 15 is 0 Å². The van der Waals surface area contributed by atoms with Gasteiger partial charge in [-0.15, -0.1) is 0 Å². The number of hydrogen-bond donors (Lipinski definition) is 1. The van der Waals surface area contributed by atoms with Gasteiger partial charge in [0.1, 0.15) is 0 Å². The van der Waals surface area contributed by atoms with Gasteiger partial charge in [0.05, 0.1) is 5.60 Å². The minimum atomic E-state index is -0.608. The maximum Gasteiger partial charge on any atom is 0.225 e. The van der Waals surface area contributed by atoms with Crippen molar-refractivity contribution in [3.8, 4) is 0 Å². The Balaban J connectivity index is 1.32. The van der Waals surface area contributed by atoms with E-state index in [0.717, 1.165) is 13.1 Å². The Kier molecular flexibility index (Phi) is 3.99. The van der Waals surface area contributed by atoms with Crippen molar-refractivity contribution < 1.29 is 9.90 Å². The zero-order valence-corrected chi connectivity index (χ0v) is 15.8. The van der Waals surface area contributed by atoms with E-state index in [2.05, 4.69) is 38.1 Å². The van der Waals surface area contributed by atoms with Crippen LogP contribution in [0.5, 0.6) is 0 Å². The van der Waals surface area contributed by atoms with Gasteiger partial charge in [-0.25, -0.2) is 0 Å². The Hall–Kier alpha value is -1.35. The van der Waals surface area contributed by atoms with Crippen molar-refractivity contribution in [2.24, 2.45) is 11.3 Å². The maximum absolute atomic E-state index is 12.5. The summed E-state index contributed by atoms with van der Waals surface area (Å²) < 4.78 is 0. The Morgan fingerprint density at radius 1 is 1.16 bits per heavy atom. The van der Waals surface area contributed by atoms with Crippen molar-refractivity contribution >= 4 is 5.91 Å². The van der Waals surface area contributed by atoms with Gasteiger partial charge < -0.3 is 10.0 Å². The number of carbonyl (C=O) groups excluding carboxylic acids is 1. The molecule has 2 aliphatic carbocycles. The first-order valence-electron chi connectivity index (χ1n) is 9.88. The number of amides is 1. The molecule has 136 valence electrons. The topological polar surface area (TPSA) is 40.5 Å². The fourth-order valence-corrected chi connectivity index (χ4v) is 5.29. The fourth-order valence-electron chi connectivity index (χ4n) is 5.29. The van der Waals surface area contributed by atoms with Crippen LogP contribution in [0.25, 0.3) is 0 Å². The van der Waals surface area contributed by atoms with Gasteiger partial charge >= 0.3 is 0 Å². The van der Waals surface area contributed by atoms with Crippen LogP contribution < -0.4 is 0 Å². The molecule has 1 unspecified atom stereocenters. The van der Waals surface area contributed by atoms with Gasteiger partial charge in [0.15, 0.2) is 0 Å².